The molecule has 18 aliphatic rings. The number of hydrogen-bond donors (Lipinski definition) is 11. The summed E-state index contributed by atoms with van der Waals surface area (Å²) in [6, 6.07) is 13.0. The van der Waals surface area contributed by atoms with Gasteiger partial charge in [-0.2, -0.15) is 0 Å². The molecule has 3 aromatic carbocycles. The first-order valence-corrected chi connectivity index (χ1v) is 37.3. The second kappa shape index (κ2) is 19.4. The minimum Gasteiger partial charge on any atom is -0.507 e. The van der Waals surface area contributed by atoms with Crippen molar-refractivity contribution in [3.8, 4) is 23.3 Å². The summed E-state index contributed by atoms with van der Waals surface area (Å²) in [4.78, 5) is 64.6. The predicted molar refractivity (Wildman–Crippen MR) is 367 cm³/mol. The summed E-state index contributed by atoms with van der Waals surface area (Å²) < 4.78 is 15.4. The van der Waals surface area contributed by atoms with E-state index >= 15 is 9.59 Å². The summed E-state index contributed by atoms with van der Waals surface area (Å²) in [5.74, 6) is 3.38. The van der Waals surface area contributed by atoms with Crippen LogP contribution in [0, 0.1) is 63.6 Å². The zero-order chi connectivity index (χ0) is 67.5. The molecule has 0 amide bonds. The van der Waals surface area contributed by atoms with Crippen molar-refractivity contribution in [2.24, 2.45) is 50.6 Å². The summed E-state index contributed by atoms with van der Waals surface area (Å²) in [5.41, 5.74) is 11.1. The number of aryl methyl sites for hydroxylation is 1. The Hall–Kier alpha value is -7.57. The van der Waals surface area contributed by atoms with Crippen LogP contribution in [-0.4, -0.2) is 123 Å². The molecule has 18 unspecified atom stereocenters. The summed E-state index contributed by atoms with van der Waals surface area (Å²) in [5, 5.41) is 89.4. The van der Waals surface area contributed by atoms with E-state index in [-0.39, 0.29) is 69.7 Å². The molecule has 5 saturated carbocycles. The highest BCUT2D eigenvalue weighted by atomic mass is 16.7. The first kappa shape index (κ1) is 60.1. The van der Waals surface area contributed by atoms with Crippen molar-refractivity contribution in [3.63, 3.8) is 0 Å². The van der Waals surface area contributed by atoms with Crippen LogP contribution in [0.15, 0.2) is 84.4 Å². The van der Waals surface area contributed by atoms with Gasteiger partial charge in [0.25, 0.3) is 5.79 Å². The van der Waals surface area contributed by atoms with Crippen LogP contribution in [-0.2, 0) is 39.6 Å². The number of imidazole rings is 1. The molecule has 18 atom stereocenters. The highest BCUT2D eigenvalue weighted by Gasteiger charge is 2.80. The molecule has 6 fully saturated rings. The number of nitrogens with two attached hydrogens (primary N) is 1. The molecule has 5 aliphatic heterocycles. The quantitative estimate of drug-likeness (QED) is 0.0568. The number of allylic oxidation sites excluding steroid dienone is 2. The van der Waals surface area contributed by atoms with E-state index in [1.165, 1.54) is 17.2 Å². The van der Waals surface area contributed by atoms with Crippen molar-refractivity contribution in [2.45, 2.75) is 207 Å². The fourth-order valence-corrected chi connectivity index (χ4v) is 26.8. The van der Waals surface area contributed by atoms with Crippen LogP contribution in [0.1, 0.15) is 216 Å². The van der Waals surface area contributed by atoms with Crippen molar-refractivity contribution in [2.75, 3.05) is 18.4 Å². The number of Topliss-reactive ketones (excluding diaryl/α,β-unsaturated/α-hetero) is 1. The van der Waals surface area contributed by atoms with Crippen molar-refractivity contribution in [3.05, 3.63) is 163 Å². The van der Waals surface area contributed by atoms with Crippen molar-refractivity contribution >= 4 is 39.5 Å². The Kier molecular flexibility index (Phi) is 11.6. The topological polar surface area (TPSA) is 298 Å². The Bertz CT molecular complexity index is 4990. The summed E-state index contributed by atoms with van der Waals surface area (Å²) >= 11 is 0. The fraction of sp³-hybridized carbons (Fsp3) is 0.524. The number of hydrogen-bond acceptors (Lipinski definition) is 16. The number of aliphatic hydroxyl groups is 5. The molecule has 8 spiro atoms. The molecular weight excluding hydrogens is 1260 g/mol. The molecule has 15 bridgehead atoms. The molecule has 6 aromatic rings. The van der Waals surface area contributed by atoms with Gasteiger partial charge in [-0.1, -0.05) is 61.1 Å². The first-order valence-electron chi connectivity index (χ1n) is 37.3. The number of phenols is 1. The third kappa shape index (κ3) is 6.79. The maximum Gasteiger partial charge on any atom is 0.261 e. The molecule has 18 nitrogen and oxygen atoms in total. The predicted octanol–water partition coefficient (Wildman–Crippen LogP) is 9.12. The normalized spacial score (nSPS) is 40.9. The second-order valence-corrected chi connectivity index (χ2v) is 34.3. The van der Waals surface area contributed by atoms with Crippen molar-refractivity contribution in [1.82, 2.24) is 25.3 Å². The molecule has 100 heavy (non-hydrogen) atoms. The largest absolute Gasteiger partial charge is 0.507 e. The average Bonchev–Trinajstić information content (AvgIpc) is 1.27. The summed E-state index contributed by atoms with van der Waals surface area (Å²) in [6.07, 6.45) is 16.5. The number of aromatic nitrogens is 4. The summed E-state index contributed by atoms with van der Waals surface area (Å²) in [7, 11) is 0. The first-order chi connectivity index (χ1) is 48.3. The standard InChI is InChI=1S/C82H83N7O11/c1-39-26-49-56(53(91)27-39)64(94)59-54-32-48-47(57(59)63(49)93)13-25-85-72(48)86-35-55(92)79-21-9-41-6-4-17-78-18-5-16-76-19-10-43(78)31-50-58(60(41)79)62(51-33-80(99-54)69(96)65(95)70(97)81(100-80)61(51)52(79)34-75(73(81)98)23-22-74(36-75)14-2-3-15-74)89-66(50)82(76,78)68-67(87-38-88-68)77(37-76)20-11-45(90)30-44(77)29-40-7-8-46-42(28-40)12-24-84-71(46)83/h7-8,10,13,19,25-28,32-33,38,41,43-44,55,60,65,69-71,73,84,89,91-92,95-98H,2-3,5,9,11-12,14-18,20-24,29-31,34-37,83H2,1H3,(H,85,86)(H,87,88). The molecule has 8 heterocycles. The minimum absolute atomic E-state index is 0.00265. The Morgan fingerprint density at radius 3 is 2.58 bits per heavy atom. The van der Waals surface area contributed by atoms with E-state index in [4.69, 9.17) is 25.2 Å². The Balaban J connectivity index is 0.836. The lowest BCUT2D eigenvalue weighted by Gasteiger charge is -2.72. The SMILES string of the molecule is Cc1cc(O)c2c(c1)C(=O)c1c(c3cc4c(nccc14)NCC(O)C14CCC5C#CCC67CCCC89C=CC6Cc6c([nH]c(c6C51)C1=CC5(O3)OC3(C1=C4CC1(CCC4(CCCC4)C1)C3O)C(O)C(O)C5O)C87c1[nH]cnc1C1(CCC(=O)CC1Cc1ccc3c(c1)CCNC3N)C9)C2=O. The maximum absolute atomic E-state index is 15.8. The smallest absolute Gasteiger partial charge is 0.261 e. The van der Waals surface area contributed by atoms with Gasteiger partial charge in [0.05, 0.1) is 52.6 Å². The number of anilines is 1. The lowest BCUT2D eigenvalue weighted by Crippen LogP contribution is -2.79. The van der Waals surface area contributed by atoms with Gasteiger partial charge in [-0.15, -0.1) is 5.92 Å². The molecular formula is C82H83N7O11. The average molecular weight is 1340 g/mol. The van der Waals surface area contributed by atoms with Crippen molar-refractivity contribution < 1.29 is 54.5 Å². The number of ether oxygens (including phenoxy) is 2. The van der Waals surface area contributed by atoms with Gasteiger partial charge in [-0.25, -0.2) is 9.97 Å². The highest BCUT2D eigenvalue weighted by molar-refractivity contribution is 6.34. The van der Waals surface area contributed by atoms with Crippen LogP contribution >= 0.6 is 0 Å². The third-order valence-electron chi connectivity index (χ3n) is 30.4. The molecule has 18 heteroatoms. The van der Waals surface area contributed by atoms with Gasteiger partial charge in [0.15, 0.2) is 17.5 Å². The number of aromatic hydroxyl groups is 1. The molecule has 1 saturated heterocycles. The lowest BCUT2D eigenvalue weighted by molar-refractivity contribution is -0.366. The number of carbonyl (C=O) groups excluding carboxylic acids is 3. The van der Waals surface area contributed by atoms with Crippen LogP contribution < -0.4 is 21.1 Å². The zero-order valence-electron chi connectivity index (χ0n) is 56.2. The van der Waals surface area contributed by atoms with Gasteiger partial charge < -0.3 is 61.1 Å². The number of aliphatic hydroxyl groups excluding tert-OH is 5. The maximum atomic E-state index is 15.8. The monoisotopic (exact) mass is 1340 g/mol. The number of aromatic amines is 2. The van der Waals surface area contributed by atoms with E-state index in [1.54, 1.807) is 37.4 Å². The Morgan fingerprint density at radius 1 is 0.840 bits per heavy atom. The second-order valence-electron chi connectivity index (χ2n) is 34.3. The molecule has 0 radical (unpaired) electrons. The number of ketones is 3. The van der Waals surface area contributed by atoms with Gasteiger partial charge in [0.2, 0.25) is 5.78 Å². The molecule has 12 N–H and O–H groups in total. The molecule has 24 rings (SSSR count). The number of benzene rings is 3. The third-order valence-corrected chi connectivity index (χ3v) is 30.4. The van der Waals surface area contributed by atoms with Crippen LogP contribution in [0.4, 0.5) is 5.82 Å². The number of H-pyrrole nitrogens is 2. The molecule has 13 aliphatic carbocycles. The number of carbonyl (C=O) groups is 3. The van der Waals surface area contributed by atoms with Gasteiger partial charge in [-0.05, 0) is 195 Å². The van der Waals surface area contributed by atoms with Crippen LogP contribution in [0.2, 0.25) is 0 Å². The van der Waals surface area contributed by atoms with E-state index in [2.05, 4.69) is 62.8 Å². The van der Waals surface area contributed by atoms with E-state index in [9.17, 15) is 35.4 Å². The fourth-order valence-electron chi connectivity index (χ4n) is 26.8. The van der Waals surface area contributed by atoms with E-state index < -0.39 is 97.6 Å². The number of nitrogens with zero attached hydrogens (tertiary/aromatic N) is 2. The van der Waals surface area contributed by atoms with E-state index in [0.29, 0.717) is 110 Å². The van der Waals surface area contributed by atoms with Crippen LogP contribution in [0.5, 0.6) is 11.5 Å². The van der Waals surface area contributed by atoms with Gasteiger partial charge in [-0.3, -0.25) is 19.7 Å². The van der Waals surface area contributed by atoms with Crippen molar-refractivity contribution in [1.29, 1.82) is 0 Å². The number of fused-ring (bicyclic) bond motifs is 9. The molecule has 3 aromatic heterocycles. The minimum atomic E-state index is -2.55. The highest BCUT2D eigenvalue weighted by Crippen LogP contribution is 2.81. The Labute approximate surface area is 578 Å². The number of nitrogens with one attached hydrogen (secondary N) is 4. The van der Waals surface area contributed by atoms with Gasteiger partial charge in [0, 0.05) is 111 Å². The number of rotatable bonds is 2. The van der Waals surface area contributed by atoms with Gasteiger partial charge in [0.1, 0.15) is 35.3 Å². The lowest BCUT2D eigenvalue weighted by atomic mass is 9.30. The van der Waals surface area contributed by atoms with Crippen LogP contribution in [0.3, 0.4) is 0 Å². The number of pyridine rings is 1. The molecule has 512 valence electrons. The zero-order valence-corrected chi connectivity index (χ0v) is 56.2. The van der Waals surface area contributed by atoms with E-state index in [1.807, 2.05) is 6.33 Å². The van der Waals surface area contributed by atoms with E-state index in [0.717, 1.165) is 110 Å². The summed E-state index contributed by atoms with van der Waals surface area (Å²) in [6.45, 7) is 2.47. The Morgan fingerprint density at radius 2 is 1.71 bits per heavy atom. The van der Waals surface area contributed by atoms with Gasteiger partial charge >= 0.3 is 0 Å². The number of phenolic OH excluding ortho intramolecular Hbond substituents is 1. The van der Waals surface area contributed by atoms with Crippen LogP contribution in [0.25, 0.3) is 16.3 Å².